The molecular formula is C11H6O5. The molecule has 0 radical (unpaired) electrons. The average Bonchev–Trinajstić information content (AvgIpc) is 2.98. The van der Waals surface area contributed by atoms with Gasteiger partial charge in [0.05, 0.1) is 12.5 Å². The minimum absolute atomic E-state index is 0.227. The van der Waals surface area contributed by atoms with Crippen molar-refractivity contribution in [3.05, 3.63) is 47.4 Å². The lowest BCUT2D eigenvalue weighted by Crippen LogP contribution is -1.85. The van der Waals surface area contributed by atoms with Crippen LogP contribution in [-0.4, -0.2) is 0 Å². The van der Waals surface area contributed by atoms with Crippen molar-refractivity contribution in [2.45, 2.75) is 0 Å². The lowest BCUT2D eigenvalue weighted by atomic mass is 10.2. The lowest BCUT2D eigenvalue weighted by Gasteiger charge is -1.91. The third-order valence-electron chi connectivity index (χ3n) is 2.07. The predicted molar refractivity (Wildman–Crippen MR) is 52.6 cm³/mol. The number of furan rings is 2. The molecule has 3 heterocycles. The van der Waals surface area contributed by atoms with Crippen molar-refractivity contribution in [3.8, 4) is 23.0 Å². The van der Waals surface area contributed by atoms with Gasteiger partial charge in [0.15, 0.2) is 11.5 Å². The van der Waals surface area contributed by atoms with Gasteiger partial charge in [0, 0.05) is 0 Å². The summed E-state index contributed by atoms with van der Waals surface area (Å²) in [7, 11) is 0. The van der Waals surface area contributed by atoms with Crippen molar-refractivity contribution >= 4 is 0 Å². The Labute approximate surface area is 88.9 Å². The Kier molecular flexibility index (Phi) is 1.83. The monoisotopic (exact) mass is 218 g/mol. The summed E-state index contributed by atoms with van der Waals surface area (Å²) in [5, 5.41) is 0. The average molecular weight is 218 g/mol. The molecule has 0 atom stereocenters. The number of hydrogen-bond acceptors (Lipinski definition) is 5. The van der Waals surface area contributed by atoms with Gasteiger partial charge in [-0.25, -0.2) is 4.79 Å². The molecular weight excluding hydrogens is 212 g/mol. The smallest absolute Gasteiger partial charge is 0.461 e. The Bertz CT molecular complexity index is 570. The van der Waals surface area contributed by atoms with Gasteiger partial charge in [-0.1, -0.05) is 0 Å². The van der Waals surface area contributed by atoms with Gasteiger partial charge < -0.3 is 17.7 Å². The summed E-state index contributed by atoms with van der Waals surface area (Å²) in [5.74, 6) is 0.488. The van der Waals surface area contributed by atoms with Crippen LogP contribution in [0, 0.1) is 0 Å². The van der Waals surface area contributed by atoms with Crippen molar-refractivity contribution < 1.29 is 17.7 Å². The number of rotatable bonds is 2. The van der Waals surface area contributed by atoms with Crippen LogP contribution in [0.15, 0.2) is 59.3 Å². The molecule has 0 unspecified atom stereocenters. The number of hydrogen-bond donors (Lipinski definition) is 0. The van der Waals surface area contributed by atoms with E-state index in [-0.39, 0.29) is 11.5 Å². The summed E-state index contributed by atoms with van der Waals surface area (Å²) in [6.45, 7) is 0. The molecule has 3 aromatic heterocycles. The van der Waals surface area contributed by atoms with E-state index in [1.165, 1.54) is 12.5 Å². The minimum atomic E-state index is -0.794. The highest BCUT2D eigenvalue weighted by atomic mass is 16.6. The summed E-state index contributed by atoms with van der Waals surface area (Å²) < 4.78 is 20.1. The summed E-state index contributed by atoms with van der Waals surface area (Å²) in [6.07, 6.45) is 2.96. The van der Waals surface area contributed by atoms with Crippen LogP contribution in [0.1, 0.15) is 0 Å². The van der Waals surface area contributed by atoms with E-state index in [1.807, 2.05) is 0 Å². The third kappa shape index (κ3) is 1.30. The van der Waals surface area contributed by atoms with Gasteiger partial charge in [-0.05, 0) is 24.3 Å². The molecule has 0 aliphatic heterocycles. The zero-order valence-electron chi connectivity index (χ0n) is 8.01. The predicted octanol–water partition coefficient (Wildman–Crippen LogP) is 2.75. The van der Waals surface area contributed by atoms with Crippen molar-refractivity contribution in [2.24, 2.45) is 0 Å². The van der Waals surface area contributed by atoms with Crippen molar-refractivity contribution in [1.29, 1.82) is 0 Å². The Morgan fingerprint density at radius 2 is 1.31 bits per heavy atom. The molecule has 5 heteroatoms. The first kappa shape index (κ1) is 8.84. The summed E-state index contributed by atoms with van der Waals surface area (Å²) in [5.41, 5.74) is 0. The van der Waals surface area contributed by atoms with Crippen LogP contribution in [0.4, 0.5) is 0 Å². The van der Waals surface area contributed by atoms with Crippen molar-refractivity contribution in [3.63, 3.8) is 0 Å². The maximum absolute atomic E-state index is 11.1. The SMILES string of the molecule is O=c1oc(-c2ccco2)c(-c2ccco2)o1. The van der Waals surface area contributed by atoms with Gasteiger partial charge >= 0.3 is 5.82 Å². The first-order valence-corrected chi connectivity index (χ1v) is 4.56. The second-order valence-corrected chi connectivity index (χ2v) is 3.07. The molecule has 0 aliphatic carbocycles. The third-order valence-corrected chi connectivity index (χ3v) is 2.07. The zero-order chi connectivity index (χ0) is 11.0. The molecule has 16 heavy (non-hydrogen) atoms. The fourth-order valence-corrected chi connectivity index (χ4v) is 1.42. The Morgan fingerprint density at radius 3 is 1.69 bits per heavy atom. The van der Waals surface area contributed by atoms with Crippen LogP contribution < -0.4 is 5.82 Å². The van der Waals surface area contributed by atoms with Crippen LogP contribution in [0.5, 0.6) is 0 Å². The molecule has 0 saturated carbocycles. The summed E-state index contributed by atoms with van der Waals surface area (Å²) >= 11 is 0. The van der Waals surface area contributed by atoms with Gasteiger partial charge in [-0.15, -0.1) is 0 Å². The molecule has 3 aromatic rings. The van der Waals surface area contributed by atoms with E-state index in [1.54, 1.807) is 24.3 Å². The normalized spacial score (nSPS) is 10.8. The van der Waals surface area contributed by atoms with E-state index >= 15 is 0 Å². The highest BCUT2D eigenvalue weighted by Gasteiger charge is 2.20. The van der Waals surface area contributed by atoms with Gasteiger partial charge in [0.2, 0.25) is 11.5 Å². The fourth-order valence-electron chi connectivity index (χ4n) is 1.42. The zero-order valence-corrected chi connectivity index (χ0v) is 8.01. The van der Waals surface area contributed by atoms with E-state index in [4.69, 9.17) is 17.7 Å². The van der Waals surface area contributed by atoms with Gasteiger partial charge in [-0.2, -0.15) is 0 Å². The highest BCUT2D eigenvalue weighted by molar-refractivity contribution is 5.68. The lowest BCUT2D eigenvalue weighted by molar-refractivity contribution is 0.386. The molecule has 0 aliphatic rings. The summed E-state index contributed by atoms with van der Waals surface area (Å²) in [4.78, 5) is 11.1. The Hall–Kier alpha value is -2.43. The van der Waals surface area contributed by atoms with E-state index in [0.29, 0.717) is 11.5 Å². The maximum Gasteiger partial charge on any atom is 0.519 e. The van der Waals surface area contributed by atoms with Gasteiger partial charge in [-0.3, -0.25) is 0 Å². The van der Waals surface area contributed by atoms with Crippen LogP contribution in [0.25, 0.3) is 23.0 Å². The van der Waals surface area contributed by atoms with E-state index in [9.17, 15) is 4.79 Å². The molecule has 0 bridgehead atoms. The largest absolute Gasteiger partial charge is 0.519 e. The standard InChI is InChI=1S/C11H6O5/c12-11-15-9(7-3-1-5-13-7)10(16-11)8-4-2-6-14-8/h1-6H. The van der Waals surface area contributed by atoms with Gasteiger partial charge in [0.25, 0.3) is 0 Å². The van der Waals surface area contributed by atoms with E-state index in [2.05, 4.69) is 0 Å². The Morgan fingerprint density at radius 1 is 0.812 bits per heavy atom. The van der Waals surface area contributed by atoms with Crippen molar-refractivity contribution in [1.82, 2.24) is 0 Å². The highest BCUT2D eigenvalue weighted by Crippen LogP contribution is 2.31. The molecule has 80 valence electrons. The molecule has 0 aromatic carbocycles. The van der Waals surface area contributed by atoms with Crippen molar-refractivity contribution in [2.75, 3.05) is 0 Å². The molecule has 0 saturated heterocycles. The van der Waals surface area contributed by atoms with E-state index < -0.39 is 5.82 Å². The van der Waals surface area contributed by atoms with Crippen LogP contribution >= 0.6 is 0 Å². The minimum Gasteiger partial charge on any atom is -0.461 e. The first-order chi connectivity index (χ1) is 7.84. The second-order valence-electron chi connectivity index (χ2n) is 3.07. The van der Waals surface area contributed by atoms with Gasteiger partial charge in [0.1, 0.15) is 0 Å². The molecule has 0 spiro atoms. The molecule has 3 rings (SSSR count). The van der Waals surface area contributed by atoms with Crippen LogP contribution in [0.2, 0.25) is 0 Å². The topological polar surface area (TPSA) is 69.6 Å². The molecule has 0 amide bonds. The molecule has 0 fully saturated rings. The molecule has 0 N–H and O–H groups in total. The quantitative estimate of drug-likeness (QED) is 0.661. The second kappa shape index (κ2) is 3.30. The molecule has 5 nitrogen and oxygen atoms in total. The Balaban J connectivity index is 2.23. The fraction of sp³-hybridized carbons (Fsp3) is 0. The summed E-state index contributed by atoms with van der Waals surface area (Å²) in [6, 6.07) is 6.71. The van der Waals surface area contributed by atoms with Crippen LogP contribution in [0.3, 0.4) is 0 Å². The maximum atomic E-state index is 11.1. The van der Waals surface area contributed by atoms with E-state index in [0.717, 1.165) is 0 Å². The first-order valence-electron chi connectivity index (χ1n) is 4.56. The van der Waals surface area contributed by atoms with Crippen LogP contribution in [-0.2, 0) is 0 Å².